The van der Waals surface area contributed by atoms with Crippen molar-refractivity contribution in [2.75, 3.05) is 7.11 Å². The largest absolute Gasteiger partial charge is 0.489 e. The number of hydrogen-bond acceptors (Lipinski definition) is 6. The highest BCUT2D eigenvalue weighted by Gasteiger charge is 2.33. The predicted octanol–water partition coefficient (Wildman–Crippen LogP) is 5.14. The van der Waals surface area contributed by atoms with E-state index in [9.17, 15) is 9.59 Å². The Kier molecular flexibility index (Phi) is 7.72. The van der Waals surface area contributed by atoms with Gasteiger partial charge in [0.2, 0.25) is 0 Å². The fourth-order valence-corrected chi connectivity index (χ4v) is 5.69. The molecule has 38 heavy (non-hydrogen) atoms. The molecule has 0 aliphatic carbocycles. The molecule has 6 nitrogen and oxygen atoms in total. The molecule has 0 fully saturated rings. The number of aromatic nitrogens is 1. The first kappa shape index (κ1) is 25.9. The molecule has 0 N–H and O–H groups in total. The van der Waals surface area contributed by atoms with Crippen LogP contribution in [0.15, 0.2) is 104 Å². The molecule has 1 aromatic heterocycles. The molecule has 0 unspecified atom stereocenters. The van der Waals surface area contributed by atoms with Crippen molar-refractivity contribution in [3.8, 4) is 5.75 Å². The maximum Gasteiger partial charge on any atom is 0.338 e. The Balaban J connectivity index is 1.55. The van der Waals surface area contributed by atoms with Crippen molar-refractivity contribution in [3.63, 3.8) is 0 Å². The zero-order chi connectivity index (χ0) is 26.6. The number of halogens is 1. The first-order chi connectivity index (χ1) is 18.5. The first-order valence-electron chi connectivity index (χ1n) is 12.1. The summed E-state index contributed by atoms with van der Waals surface area (Å²) >= 11 is 4.75. The van der Waals surface area contributed by atoms with E-state index in [2.05, 4.69) is 15.9 Å². The molecule has 0 saturated carbocycles. The summed E-state index contributed by atoms with van der Waals surface area (Å²) in [6, 6.07) is 24.5. The molecule has 0 bridgehead atoms. The van der Waals surface area contributed by atoms with Gasteiger partial charge in [-0.3, -0.25) is 9.36 Å². The molecule has 5 rings (SSSR count). The summed E-state index contributed by atoms with van der Waals surface area (Å²) in [4.78, 5) is 31.9. The Hall–Kier alpha value is -3.75. The second kappa shape index (κ2) is 11.3. The minimum atomic E-state index is -0.613. The lowest BCUT2D eigenvalue weighted by atomic mass is 9.95. The highest BCUT2D eigenvalue weighted by molar-refractivity contribution is 9.10. The molecular formula is C30H25BrN2O4S. The van der Waals surface area contributed by atoms with Gasteiger partial charge in [0.15, 0.2) is 4.80 Å². The van der Waals surface area contributed by atoms with Crippen LogP contribution in [0.5, 0.6) is 5.75 Å². The van der Waals surface area contributed by atoms with Gasteiger partial charge in [-0.2, -0.15) is 0 Å². The van der Waals surface area contributed by atoms with E-state index in [4.69, 9.17) is 14.5 Å². The lowest BCUT2D eigenvalue weighted by Crippen LogP contribution is -2.40. The summed E-state index contributed by atoms with van der Waals surface area (Å²) in [5, 5.41) is 0. The molecular weight excluding hydrogens is 564 g/mol. The second-order valence-corrected chi connectivity index (χ2v) is 10.6. The van der Waals surface area contributed by atoms with E-state index in [1.807, 2.05) is 91.9 Å². The SMILES string of the molecule is CCC1=C(C(=O)OC)[C@H](c2ccccc2)n2c(s/c(=C/c3cccc(OCc4ccc(Br)cc4)c3)c2=O)=N1. The van der Waals surface area contributed by atoms with Crippen molar-refractivity contribution in [1.82, 2.24) is 4.57 Å². The van der Waals surface area contributed by atoms with Gasteiger partial charge in [-0.25, -0.2) is 9.79 Å². The van der Waals surface area contributed by atoms with Crippen molar-refractivity contribution in [2.24, 2.45) is 4.99 Å². The van der Waals surface area contributed by atoms with E-state index in [1.165, 1.54) is 18.4 Å². The number of thiazole rings is 1. The van der Waals surface area contributed by atoms with Gasteiger partial charge in [0.25, 0.3) is 5.56 Å². The van der Waals surface area contributed by atoms with Gasteiger partial charge < -0.3 is 9.47 Å². The molecule has 0 radical (unpaired) electrons. The van der Waals surface area contributed by atoms with Crippen molar-refractivity contribution in [2.45, 2.75) is 26.0 Å². The van der Waals surface area contributed by atoms with E-state index in [0.29, 0.717) is 39.4 Å². The van der Waals surface area contributed by atoms with Crippen molar-refractivity contribution in [3.05, 3.63) is 131 Å². The highest BCUT2D eigenvalue weighted by atomic mass is 79.9. The number of hydrogen-bond donors (Lipinski definition) is 0. The maximum absolute atomic E-state index is 13.7. The average Bonchev–Trinajstić information content (AvgIpc) is 3.26. The van der Waals surface area contributed by atoms with Crippen molar-refractivity contribution >= 4 is 39.3 Å². The number of fused-ring (bicyclic) bond motifs is 1. The number of carbonyl (C=O) groups excluding carboxylic acids is 1. The monoisotopic (exact) mass is 588 g/mol. The Bertz CT molecular complexity index is 1690. The smallest absolute Gasteiger partial charge is 0.338 e. The standard InChI is InChI=1S/C30H25BrN2O4S/c1-3-24-26(29(35)36-2)27(21-9-5-4-6-10-21)33-28(34)25(38-30(33)32-24)17-20-8-7-11-23(16-20)37-18-19-12-14-22(31)15-13-19/h4-17,27H,3,18H2,1-2H3/b25-17+/t27-/m0/s1. The molecule has 2 heterocycles. The highest BCUT2D eigenvalue weighted by Crippen LogP contribution is 2.31. The van der Waals surface area contributed by atoms with Gasteiger partial charge in [-0.15, -0.1) is 0 Å². The molecule has 0 saturated heterocycles. The molecule has 0 amide bonds. The maximum atomic E-state index is 13.7. The molecule has 1 aliphatic rings. The number of esters is 1. The molecule has 4 aromatic rings. The van der Waals surface area contributed by atoms with Crippen LogP contribution < -0.4 is 19.6 Å². The number of methoxy groups -OCH3 is 1. The van der Waals surface area contributed by atoms with Gasteiger partial charge >= 0.3 is 5.97 Å². The number of benzene rings is 3. The zero-order valence-electron chi connectivity index (χ0n) is 20.9. The van der Waals surface area contributed by atoms with E-state index in [-0.39, 0.29) is 5.56 Å². The normalized spacial score (nSPS) is 15.1. The number of rotatable bonds is 7. The quantitative estimate of drug-likeness (QED) is 0.280. The third kappa shape index (κ3) is 5.28. The molecule has 1 aliphatic heterocycles. The third-order valence-electron chi connectivity index (χ3n) is 6.24. The van der Waals surface area contributed by atoms with Gasteiger partial charge in [0, 0.05) is 4.47 Å². The molecule has 0 spiro atoms. The van der Waals surface area contributed by atoms with Crippen LogP contribution in [-0.4, -0.2) is 17.6 Å². The van der Waals surface area contributed by atoms with Crippen LogP contribution in [-0.2, 0) is 16.1 Å². The fourth-order valence-electron chi connectivity index (χ4n) is 4.41. The van der Waals surface area contributed by atoms with Crippen LogP contribution in [0.4, 0.5) is 0 Å². The van der Waals surface area contributed by atoms with Crippen LogP contribution in [0.2, 0.25) is 0 Å². The number of ether oxygens (including phenoxy) is 2. The number of nitrogens with zero attached hydrogens (tertiary/aromatic N) is 2. The summed E-state index contributed by atoms with van der Waals surface area (Å²) in [7, 11) is 1.35. The van der Waals surface area contributed by atoms with E-state index in [1.54, 1.807) is 4.57 Å². The summed E-state index contributed by atoms with van der Waals surface area (Å²) in [5.74, 6) is 0.224. The summed E-state index contributed by atoms with van der Waals surface area (Å²) < 4.78 is 14.2. The lowest BCUT2D eigenvalue weighted by molar-refractivity contribution is -0.136. The van der Waals surface area contributed by atoms with Crippen LogP contribution in [0, 0.1) is 0 Å². The van der Waals surface area contributed by atoms with Gasteiger partial charge in [-0.1, -0.05) is 88.8 Å². The van der Waals surface area contributed by atoms with Gasteiger partial charge in [0.1, 0.15) is 12.4 Å². The zero-order valence-corrected chi connectivity index (χ0v) is 23.3. The summed E-state index contributed by atoms with van der Waals surface area (Å²) in [5.41, 5.74) is 3.53. The third-order valence-corrected chi connectivity index (χ3v) is 7.75. The van der Waals surface area contributed by atoms with Crippen LogP contribution >= 0.6 is 27.3 Å². The molecule has 8 heteroatoms. The Morgan fingerprint density at radius 3 is 2.55 bits per heavy atom. The topological polar surface area (TPSA) is 69.9 Å². The van der Waals surface area contributed by atoms with Crippen LogP contribution in [0.25, 0.3) is 6.08 Å². The predicted molar refractivity (Wildman–Crippen MR) is 152 cm³/mol. The molecule has 1 atom stereocenters. The Labute approximate surface area is 232 Å². The van der Waals surface area contributed by atoms with E-state index >= 15 is 0 Å². The molecule has 192 valence electrons. The van der Waals surface area contributed by atoms with Crippen molar-refractivity contribution < 1.29 is 14.3 Å². The van der Waals surface area contributed by atoms with Gasteiger partial charge in [-0.05, 0) is 53.5 Å². The number of carbonyl (C=O) groups is 1. The van der Waals surface area contributed by atoms with Crippen molar-refractivity contribution in [1.29, 1.82) is 0 Å². The summed E-state index contributed by atoms with van der Waals surface area (Å²) in [6.07, 6.45) is 2.38. The van der Waals surface area contributed by atoms with E-state index < -0.39 is 12.0 Å². The van der Waals surface area contributed by atoms with Crippen LogP contribution in [0.3, 0.4) is 0 Å². The van der Waals surface area contributed by atoms with Gasteiger partial charge in [0.05, 0.1) is 29.0 Å². The average molecular weight is 590 g/mol. The Morgan fingerprint density at radius 2 is 1.84 bits per heavy atom. The second-order valence-electron chi connectivity index (χ2n) is 8.69. The Morgan fingerprint density at radius 1 is 1.08 bits per heavy atom. The minimum absolute atomic E-state index is 0.208. The fraction of sp³-hybridized carbons (Fsp3) is 0.167. The first-order valence-corrected chi connectivity index (χ1v) is 13.7. The summed E-state index contributed by atoms with van der Waals surface area (Å²) in [6.45, 7) is 2.38. The number of allylic oxidation sites excluding steroid dienone is 1. The minimum Gasteiger partial charge on any atom is -0.489 e. The van der Waals surface area contributed by atoms with E-state index in [0.717, 1.165) is 21.2 Å². The molecule has 3 aromatic carbocycles. The van der Waals surface area contributed by atoms with Crippen LogP contribution in [0.1, 0.15) is 36.1 Å². The lowest BCUT2D eigenvalue weighted by Gasteiger charge is -2.25.